The lowest BCUT2D eigenvalue weighted by Gasteiger charge is -2.27. The number of ether oxygens (including phenoxy) is 2. The van der Waals surface area contributed by atoms with E-state index in [1.54, 1.807) is 0 Å². The summed E-state index contributed by atoms with van der Waals surface area (Å²) in [6, 6.07) is 0. The van der Waals surface area contributed by atoms with Crippen LogP contribution in [0.5, 0.6) is 0 Å². The summed E-state index contributed by atoms with van der Waals surface area (Å²) < 4.78 is 10.6. The summed E-state index contributed by atoms with van der Waals surface area (Å²) in [5.41, 5.74) is -1.13. The summed E-state index contributed by atoms with van der Waals surface area (Å²) in [6.45, 7) is 1.20. The molecule has 1 heterocycles. The molecule has 1 aliphatic rings. The smallest absolute Gasteiger partial charge is 0.309 e. The van der Waals surface area contributed by atoms with Crippen LogP contribution in [0.4, 0.5) is 0 Å². The van der Waals surface area contributed by atoms with Gasteiger partial charge in [-0.25, -0.2) is 0 Å². The van der Waals surface area contributed by atoms with Gasteiger partial charge in [-0.2, -0.15) is 0 Å². The van der Waals surface area contributed by atoms with Gasteiger partial charge in [-0.15, -0.1) is 0 Å². The lowest BCUT2D eigenvalue weighted by atomic mass is 9.92. The number of carbonyl (C=O) groups excluding carboxylic acids is 2. The molecule has 1 aliphatic heterocycles. The fourth-order valence-corrected chi connectivity index (χ4v) is 10.4. The Morgan fingerprint density at radius 3 is 0.899 bits per heavy atom. The van der Waals surface area contributed by atoms with Gasteiger partial charge < -0.3 is 19.7 Å². The first-order chi connectivity index (χ1) is 34.1. The predicted octanol–water partition coefficient (Wildman–Crippen LogP) is 19.5. The number of cyclic esters (lactones) is 2. The Bertz CT molecular complexity index is 1090. The van der Waals surface area contributed by atoms with Gasteiger partial charge in [0.05, 0.1) is 31.0 Å². The number of aliphatic hydroxyl groups excluding tert-OH is 2. The molecule has 2 N–H and O–H groups in total. The summed E-state index contributed by atoms with van der Waals surface area (Å²) in [5, 5.41) is 19.2. The quantitative estimate of drug-likeness (QED) is 0.0358. The molecule has 1 atom stereocenters. The standard InChI is InChI=1S/C63H120O6/c1-2-3-4-5-6-7-8-9-10-11-12-13-14-15-16-17-18-19-20-21-22-23-24-25-26-27-28-29-30-31-32-33-34-35-36-37-38-39-40-41-42-43-44-45-46-47-48-49-50-51-52-53-54-60-55-61(66)68-58-63(56-64,57-65)59-69-62(60)67/h44-45,60,64-65H,2-43,46-59H2,1H3/b45-44+. The van der Waals surface area contributed by atoms with Crippen molar-refractivity contribution >= 4 is 11.9 Å². The SMILES string of the molecule is CCCCCCCCCCCCCCCCCCCCCCCCCCCCCCCCCCCCCCCCCCC/C=C/CCCCCCCCCC1CC(=O)OCC(CO)(CO)COC1=O. The Hall–Kier alpha value is -1.40. The Balaban J connectivity index is 1.69. The van der Waals surface area contributed by atoms with Crippen molar-refractivity contribution in [2.75, 3.05) is 26.4 Å². The van der Waals surface area contributed by atoms with Gasteiger partial charge in [0, 0.05) is 0 Å². The van der Waals surface area contributed by atoms with Gasteiger partial charge in [-0.05, 0) is 32.1 Å². The minimum atomic E-state index is -1.13. The molecule has 0 aliphatic carbocycles. The lowest BCUT2D eigenvalue weighted by molar-refractivity contribution is -0.155. The van der Waals surface area contributed by atoms with Crippen LogP contribution < -0.4 is 0 Å². The van der Waals surface area contributed by atoms with Crippen molar-refractivity contribution in [3.05, 3.63) is 12.2 Å². The Labute approximate surface area is 430 Å². The normalized spacial score (nSPS) is 15.4. The summed E-state index contributed by atoms with van der Waals surface area (Å²) in [7, 11) is 0. The molecule has 6 nitrogen and oxygen atoms in total. The van der Waals surface area contributed by atoms with E-state index >= 15 is 0 Å². The third-order valence-electron chi connectivity index (χ3n) is 15.5. The number of rotatable bonds is 54. The second kappa shape index (κ2) is 52.9. The summed E-state index contributed by atoms with van der Waals surface area (Å²) in [5.74, 6) is -1.41. The molecule has 0 spiro atoms. The van der Waals surface area contributed by atoms with Crippen molar-refractivity contribution in [2.45, 2.75) is 341 Å². The highest BCUT2D eigenvalue weighted by Crippen LogP contribution is 2.25. The fraction of sp³-hybridized carbons (Fsp3) is 0.937. The van der Waals surface area contributed by atoms with E-state index in [1.807, 2.05) is 0 Å². The monoisotopic (exact) mass is 973 g/mol. The maximum absolute atomic E-state index is 12.5. The van der Waals surface area contributed by atoms with Crippen LogP contribution in [-0.2, 0) is 19.1 Å². The molecular weight excluding hydrogens is 853 g/mol. The number of allylic oxidation sites excluding steroid dienone is 2. The van der Waals surface area contributed by atoms with Crippen molar-refractivity contribution in [2.24, 2.45) is 11.3 Å². The molecule has 6 heteroatoms. The topological polar surface area (TPSA) is 93.1 Å². The van der Waals surface area contributed by atoms with E-state index in [4.69, 9.17) is 9.47 Å². The van der Waals surface area contributed by atoms with Gasteiger partial charge in [-0.1, -0.05) is 314 Å². The maximum atomic E-state index is 12.5. The van der Waals surface area contributed by atoms with Crippen molar-refractivity contribution in [1.29, 1.82) is 0 Å². The third kappa shape index (κ3) is 45.0. The Morgan fingerprint density at radius 1 is 0.377 bits per heavy atom. The fourth-order valence-electron chi connectivity index (χ4n) is 10.4. The third-order valence-corrected chi connectivity index (χ3v) is 15.5. The molecule has 0 saturated carbocycles. The zero-order valence-corrected chi connectivity index (χ0v) is 46.4. The van der Waals surface area contributed by atoms with E-state index in [0.29, 0.717) is 6.42 Å². The highest BCUT2D eigenvalue weighted by atomic mass is 16.6. The molecule has 0 aromatic rings. The van der Waals surface area contributed by atoms with E-state index in [0.717, 1.165) is 19.3 Å². The molecule has 69 heavy (non-hydrogen) atoms. The summed E-state index contributed by atoms with van der Waals surface area (Å²) in [6.07, 6.45) is 75.7. The van der Waals surface area contributed by atoms with E-state index < -0.39 is 36.5 Å². The first-order valence-electron chi connectivity index (χ1n) is 31.3. The van der Waals surface area contributed by atoms with Crippen molar-refractivity contribution in [1.82, 2.24) is 0 Å². The van der Waals surface area contributed by atoms with Crippen molar-refractivity contribution < 1.29 is 29.3 Å². The van der Waals surface area contributed by atoms with Crippen molar-refractivity contribution in [3.63, 3.8) is 0 Å². The van der Waals surface area contributed by atoms with Crippen molar-refractivity contribution in [3.8, 4) is 0 Å². The second-order valence-electron chi connectivity index (χ2n) is 22.4. The number of hydrogen-bond donors (Lipinski definition) is 2. The zero-order valence-electron chi connectivity index (χ0n) is 46.4. The molecule has 1 rings (SSSR count). The van der Waals surface area contributed by atoms with Crippen LogP contribution in [0, 0.1) is 11.3 Å². The van der Waals surface area contributed by atoms with Crippen LogP contribution in [0.25, 0.3) is 0 Å². The van der Waals surface area contributed by atoms with Crippen LogP contribution in [0.1, 0.15) is 341 Å². The van der Waals surface area contributed by atoms with E-state index in [1.165, 1.54) is 302 Å². The van der Waals surface area contributed by atoms with E-state index in [-0.39, 0.29) is 19.6 Å². The van der Waals surface area contributed by atoms with Gasteiger partial charge in [0.1, 0.15) is 13.2 Å². The molecule has 0 aromatic carbocycles. The van der Waals surface area contributed by atoms with Crippen LogP contribution in [-0.4, -0.2) is 48.6 Å². The number of hydrogen-bond acceptors (Lipinski definition) is 6. The number of unbranched alkanes of at least 4 members (excludes halogenated alkanes) is 48. The van der Waals surface area contributed by atoms with Gasteiger partial charge in [0.25, 0.3) is 0 Å². The van der Waals surface area contributed by atoms with Crippen LogP contribution >= 0.6 is 0 Å². The van der Waals surface area contributed by atoms with Gasteiger partial charge >= 0.3 is 11.9 Å². The minimum absolute atomic E-state index is 0.000866. The molecule has 1 saturated heterocycles. The van der Waals surface area contributed by atoms with Crippen LogP contribution in [0.15, 0.2) is 12.2 Å². The van der Waals surface area contributed by atoms with Crippen LogP contribution in [0.3, 0.4) is 0 Å². The molecule has 408 valence electrons. The number of carbonyl (C=O) groups is 2. The molecule has 0 aromatic heterocycles. The minimum Gasteiger partial charge on any atom is -0.465 e. The summed E-state index contributed by atoms with van der Waals surface area (Å²) in [4.78, 5) is 24.7. The van der Waals surface area contributed by atoms with Gasteiger partial charge in [0.15, 0.2) is 0 Å². The Morgan fingerprint density at radius 2 is 0.623 bits per heavy atom. The molecule has 0 radical (unpaired) electrons. The van der Waals surface area contributed by atoms with E-state index in [9.17, 15) is 19.8 Å². The van der Waals surface area contributed by atoms with Crippen LogP contribution in [0.2, 0.25) is 0 Å². The molecule has 0 bridgehead atoms. The molecular formula is C63H120O6. The lowest BCUT2D eigenvalue weighted by Crippen LogP contribution is -2.40. The average Bonchev–Trinajstić information content (AvgIpc) is 3.41. The van der Waals surface area contributed by atoms with Gasteiger partial charge in [-0.3, -0.25) is 9.59 Å². The van der Waals surface area contributed by atoms with E-state index in [2.05, 4.69) is 19.1 Å². The number of esters is 2. The Kier molecular flexibility index (Phi) is 50.3. The first-order valence-corrected chi connectivity index (χ1v) is 31.3. The highest BCUT2D eigenvalue weighted by molar-refractivity contribution is 5.80. The number of aliphatic hydroxyl groups is 2. The first kappa shape index (κ1) is 65.6. The second-order valence-corrected chi connectivity index (χ2v) is 22.4. The predicted molar refractivity (Wildman–Crippen MR) is 297 cm³/mol. The molecule has 1 unspecified atom stereocenters. The highest BCUT2D eigenvalue weighted by Gasteiger charge is 2.36. The summed E-state index contributed by atoms with van der Waals surface area (Å²) >= 11 is 0. The average molecular weight is 974 g/mol. The maximum Gasteiger partial charge on any atom is 0.309 e. The molecule has 1 fully saturated rings. The zero-order chi connectivity index (χ0) is 49.7. The molecule has 0 amide bonds. The van der Waals surface area contributed by atoms with Gasteiger partial charge in [0.2, 0.25) is 0 Å². The largest absolute Gasteiger partial charge is 0.465 e.